The smallest absolute Gasteiger partial charge is 0.123 e. The molecule has 0 saturated heterocycles. The zero-order valence-electron chi connectivity index (χ0n) is 22.7. The molecule has 0 saturated carbocycles. The molecule has 184 valence electrons. The predicted molar refractivity (Wildman–Crippen MR) is 150 cm³/mol. The third-order valence-corrected chi connectivity index (χ3v) is 7.06. The van der Waals surface area contributed by atoms with Crippen molar-refractivity contribution in [3.63, 3.8) is 0 Å². The average Bonchev–Trinajstić information content (AvgIpc) is 3.09. The lowest BCUT2D eigenvalue weighted by Crippen LogP contribution is -2.19. The Morgan fingerprint density at radius 3 is 1.83 bits per heavy atom. The molecule has 0 unspecified atom stereocenters. The maximum absolute atomic E-state index is 11.4. The van der Waals surface area contributed by atoms with Gasteiger partial charge in [0.05, 0.1) is 0 Å². The molecule has 0 spiro atoms. The van der Waals surface area contributed by atoms with Gasteiger partial charge in [0, 0.05) is 42.3 Å². The number of aromatic nitrogens is 1. The van der Waals surface area contributed by atoms with E-state index in [2.05, 4.69) is 133 Å². The number of benzene rings is 3. The molecule has 0 aliphatic heterocycles. The van der Waals surface area contributed by atoms with Crippen LogP contribution < -0.4 is 4.90 Å². The second-order valence-electron chi connectivity index (χ2n) is 12.1. The van der Waals surface area contributed by atoms with Crippen molar-refractivity contribution < 1.29 is 5.11 Å². The molecule has 4 rings (SSSR count). The lowest BCUT2D eigenvalue weighted by atomic mass is 9.75. The number of phenolic OH excluding ortho intramolecular Hbond substituents is 1. The van der Waals surface area contributed by atoms with E-state index in [-0.39, 0.29) is 16.7 Å². The van der Waals surface area contributed by atoms with Gasteiger partial charge in [-0.1, -0.05) is 84.0 Å². The first-order valence-electron chi connectivity index (χ1n) is 12.5. The quantitative estimate of drug-likeness (QED) is 0.318. The number of aryl methyl sites for hydroxylation is 1. The van der Waals surface area contributed by atoms with Gasteiger partial charge in [-0.25, -0.2) is 0 Å². The van der Waals surface area contributed by atoms with Crippen LogP contribution in [-0.4, -0.2) is 24.2 Å². The van der Waals surface area contributed by atoms with Crippen molar-refractivity contribution in [2.45, 2.75) is 65.2 Å². The number of anilines is 1. The Morgan fingerprint density at radius 2 is 1.31 bits per heavy atom. The number of rotatable bonds is 4. The van der Waals surface area contributed by atoms with Gasteiger partial charge in [-0.05, 0) is 63.8 Å². The second kappa shape index (κ2) is 8.78. The first kappa shape index (κ1) is 24.9. The summed E-state index contributed by atoms with van der Waals surface area (Å²) in [5.41, 5.74) is 8.87. The summed E-state index contributed by atoms with van der Waals surface area (Å²) in [5, 5.41) is 12.6. The molecule has 1 heterocycles. The molecule has 35 heavy (non-hydrogen) atoms. The Labute approximate surface area is 210 Å². The van der Waals surface area contributed by atoms with Crippen molar-refractivity contribution in [2.75, 3.05) is 19.0 Å². The fourth-order valence-electron chi connectivity index (χ4n) is 5.13. The van der Waals surface area contributed by atoms with E-state index in [4.69, 9.17) is 0 Å². The molecule has 1 aromatic heterocycles. The van der Waals surface area contributed by atoms with Crippen LogP contribution in [0.5, 0.6) is 5.75 Å². The largest absolute Gasteiger partial charge is 0.507 e. The van der Waals surface area contributed by atoms with Crippen LogP contribution in [0.4, 0.5) is 5.69 Å². The number of hydrogen-bond acceptors (Lipinski definition) is 2. The minimum atomic E-state index is -0.186. The van der Waals surface area contributed by atoms with Crippen molar-refractivity contribution in [1.82, 2.24) is 4.98 Å². The zero-order valence-corrected chi connectivity index (χ0v) is 22.7. The number of fused-ring (bicyclic) bond motifs is 1. The normalized spacial score (nSPS) is 13.3. The van der Waals surface area contributed by atoms with Crippen LogP contribution in [-0.2, 0) is 10.8 Å². The van der Waals surface area contributed by atoms with Gasteiger partial charge in [0.25, 0.3) is 0 Å². The lowest BCUT2D eigenvalue weighted by Gasteiger charge is -2.30. The van der Waals surface area contributed by atoms with Crippen molar-refractivity contribution in [3.8, 4) is 5.75 Å². The molecule has 3 nitrogen and oxygen atoms in total. The molecule has 0 fully saturated rings. The van der Waals surface area contributed by atoms with E-state index in [0.29, 0.717) is 5.75 Å². The highest BCUT2D eigenvalue weighted by molar-refractivity contribution is 5.86. The van der Waals surface area contributed by atoms with E-state index in [1.165, 1.54) is 33.5 Å². The number of nitrogens with one attached hydrogen (secondary N) is 1. The van der Waals surface area contributed by atoms with E-state index in [9.17, 15) is 5.11 Å². The molecule has 0 aliphatic carbocycles. The van der Waals surface area contributed by atoms with Crippen LogP contribution in [0.2, 0.25) is 0 Å². The average molecular weight is 469 g/mol. The summed E-state index contributed by atoms with van der Waals surface area (Å²) in [6.45, 7) is 15.2. The van der Waals surface area contributed by atoms with Crippen molar-refractivity contribution >= 4 is 16.6 Å². The Bertz CT molecular complexity index is 1310. The Morgan fingerprint density at radius 1 is 0.771 bits per heavy atom. The van der Waals surface area contributed by atoms with Gasteiger partial charge >= 0.3 is 0 Å². The number of aromatic amines is 1. The third kappa shape index (κ3) is 4.69. The van der Waals surface area contributed by atoms with Crippen molar-refractivity contribution in [3.05, 3.63) is 94.2 Å². The lowest BCUT2D eigenvalue weighted by molar-refractivity contribution is 0.422. The monoisotopic (exact) mass is 468 g/mol. The summed E-state index contributed by atoms with van der Waals surface area (Å²) in [7, 11) is 4.14. The molecule has 0 aliphatic rings. The number of aromatic hydroxyl groups is 1. The Hall–Kier alpha value is -3.20. The molecule has 4 aromatic rings. The summed E-state index contributed by atoms with van der Waals surface area (Å²) in [6.07, 6.45) is 0. The van der Waals surface area contributed by atoms with Crippen molar-refractivity contribution in [1.29, 1.82) is 0 Å². The maximum Gasteiger partial charge on any atom is 0.123 e. The zero-order chi connectivity index (χ0) is 25.7. The fraction of sp³-hybridized carbons (Fsp3) is 0.375. The van der Waals surface area contributed by atoms with E-state index in [1.54, 1.807) is 0 Å². The van der Waals surface area contributed by atoms with Crippen LogP contribution >= 0.6 is 0 Å². The van der Waals surface area contributed by atoms with Gasteiger partial charge in [-0.3, -0.25) is 0 Å². The first-order valence-corrected chi connectivity index (χ1v) is 12.5. The summed E-state index contributed by atoms with van der Waals surface area (Å²) < 4.78 is 0. The molecule has 2 N–H and O–H groups in total. The number of nitrogens with zero attached hydrogens (tertiary/aromatic N) is 1. The summed E-state index contributed by atoms with van der Waals surface area (Å²) >= 11 is 0. The molecule has 3 aromatic carbocycles. The van der Waals surface area contributed by atoms with Crippen LogP contribution in [0, 0.1) is 6.92 Å². The highest BCUT2D eigenvalue weighted by atomic mass is 16.3. The maximum atomic E-state index is 11.4. The van der Waals surface area contributed by atoms with E-state index in [1.807, 2.05) is 0 Å². The van der Waals surface area contributed by atoms with Gasteiger partial charge in [0.15, 0.2) is 0 Å². The number of hydrogen-bond donors (Lipinski definition) is 2. The van der Waals surface area contributed by atoms with E-state index in [0.717, 1.165) is 16.6 Å². The highest BCUT2D eigenvalue weighted by Gasteiger charge is 2.30. The molecule has 0 amide bonds. The van der Waals surface area contributed by atoms with Gasteiger partial charge in [0.2, 0.25) is 0 Å². The minimum Gasteiger partial charge on any atom is -0.507 e. The molecule has 0 radical (unpaired) electrons. The van der Waals surface area contributed by atoms with Gasteiger partial charge in [-0.2, -0.15) is 0 Å². The van der Waals surface area contributed by atoms with Crippen molar-refractivity contribution in [2.24, 2.45) is 0 Å². The van der Waals surface area contributed by atoms with E-state index < -0.39 is 0 Å². The molecular weight excluding hydrogens is 428 g/mol. The summed E-state index contributed by atoms with van der Waals surface area (Å²) in [5.74, 6) is 0.455. The van der Waals surface area contributed by atoms with E-state index >= 15 is 0 Å². The number of para-hydroxylation sites is 1. The van der Waals surface area contributed by atoms with Gasteiger partial charge in [0.1, 0.15) is 5.75 Å². The van der Waals surface area contributed by atoms with Crippen LogP contribution in [0.3, 0.4) is 0 Å². The molecule has 0 bridgehead atoms. The summed E-state index contributed by atoms with van der Waals surface area (Å²) in [4.78, 5) is 5.75. The molecule has 3 heteroatoms. The number of phenols is 1. The second-order valence-corrected chi connectivity index (χ2v) is 12.1. The standard InChI is InChI=1S/C32H40N2O/c1-20-28(24-12-10-11-13-27(24)33-20)29(21-14-16-23(17-15-21)34(8)9)22-18-25(31(2,3)4)30(35)26(19-22)32(5,6)7/h10-19,29,33,35H,1-9H3/t29-/m0/s1. The SMILES string of the molecule is Cc1[nH]c2ccccc2c1[C@@H](c1ccc(N(C)C)cc1)c1cc(C(C)(C)C)c(O)c(C(C)(C)C)c1. The topological polar surface area (TPSA) is 39.3 Å². The van der Waals surface area contributed by atoms with Gasteiger partial charge < -0.3 is 15.0 Å². The first-order chi connectivity index (χ1) is 16.3. The third-order valence-electron chi connectivity index (χ3n) is 7.06. The fourth-order valence-corrected chi connectivity index (χ4v) is 5.13. The molecular formula is C32H40N2O. The summed E-state index contributed by atoms with van der Waals surface area (Å²) in [6, 6.07) is 21.9. The van der Waals surface area contributed by atoms with Crippen LogP contribution in [0.25, 0.3) is 10.9 Å². The highest BCUT2D eigenvalue weighted by Crippen LogP contribution is 2.45. The van der Waals surface area contributed by atoms with Crippen LogP contribution in [0.1, 0.15) is 81.0 Å². The minimum absolute atomic E-state index is 0.0326. The van der Waals surface area contributed by atoms with Gasteiger partial charge in [-0.15, -0.1) is 0 Å². The van der Waals surface area contributed by atoms with Crippen LogP contribution in [0.15, 0.2) is 60.7 Å². The molecule has 1 atom stereocenters. The predicted octanol–water partition coefficient (Wildman–Crippen LogP) is 8.02. The Balaban J connectivity index is 2.07. The Kier molecular flexibility index (Phi) is 6.25. The number of H-pyrrole nitrogens is 1.